The van der Waals surface area contributed by atoms with Crippen LogP contribution in [0.25, 0.3) is 5.76 Å². The van der Waals surface area contributed by atoms with Gasteiger partial charge in [0.25, 0.3) is 11.7 Å². The fraction of sp³-hybridized carbons (Fsp3) is 0.125. The lowest BCUT2D eigenvalue weighted by Gasteiger charge is -2.27. The smallest absolute Gasteiger partial charge is 0.300 e. The van der Waals surface area contributed by atoms with E-state index in [9.17, 15) is 14.7 Å². The van der Waals surface area contributed by atoms with E-state index in [1.54, 1.807) is 67.8 Å². The molecule has 8 heteroatoms. The number of halogens is 1. The van der Waals surface area contributed by atoms with Crippen LogP contribution >= 0.6 is 11.6 Å². The van der Waals surface area contributed by atoms with Crippen LogP contribution in [-0.2, 0) is 9.59 Å². The van der Waals surface area contributed by atoms with Crippen LogP contribution < -0.4 is 14.4 Å². The average molecular weight is 449 g/mol. The van der Waals surface area contributed by atoms with Crippen molar-refractivity contribution >= 4 is 34.7 Å². The number of carbonyl (C=O) groups is 2. The molecule has 2 aliphatic rings. The zero-order valence-corrected chi connectivity index (χ0v) is 17.7. The molecule has 1 atom stereocenters. The number of Topliss-reactive ketones (excluding diaryl/α,β-unsaturated/α-hetero) is 1. The Kier molecular flexibility index (Phi) is 4.83. The van der Waals surface area contributed by atoms with Crippen molar-refractivity contribution in [1.82, 2.24) is 4.98 Å². The number of ketones is 1. The summed E-state index contributed by atoms with van der Waals surface area (Å²) in [6.07, 6.45) is 3.14. The molecule has 3 heterocycles. The van der Waals surface area contributed by atoms with Gasteiger partial charge in [-0.2, -0.15) is 0 Å². The lowest BCUT2D eigenvalue weighted by Crippen LogP contribution is -2.30. The van der Waals surface area contributed by atoms with Crippen LogP contribution in [0.2, 0.25) is 5.02 Å². The lowest BCUT2D eigenvalue weighted by molar-refractivity contribution is -0.132. The summed E-state index contributed by atoms with van der Waals surface area (Å²) in [5.41, 5.74) is 2.08. The van der Waals surface area contributed by atoms with E-state index in [-0.39, 0.29) is 18.1 Å². The number of aromatic nitrogens is 1. The summed E-state index contributed by atoms with van der Waals surface area (Å²) in [5, 5.41) is 11.7. The Morgan fingerprint density at radius 1 is 1.09 bits per heavy atom. The summed E-state index contributed by atoms with van der Waals surface area (Å²) >= 11 is 6.30. The highest BCUT2D eigenvalue weighted by Crippen LogP contribution is 2.44. The third-order valence-corrected chi connectivity index (χ3v) is 6.02. The van der Waals surface area contributed by atoms with Crippen LogP contribution in [0.3, 0.4) is 0 Å². The number of ether oxygens (including phenoxy) is 2. The minimum absolute atomic E-state index is 0.0283. The fourth-order valence-corrected chi connectivity index (χ4v) is 4.17. The van der Waals surface area contributed by atoms with Crippen molar-refractivity contribution in [3.63, 3.8) is 0 Å². The minimum atomic E-state index is -0.861. The predicted octanol–water partition coefficient (Wildman–Crippen LogP) is 4.40. The zero-order valence-electron chi connectivity index (χ0n) is 16.9. The topological polar surface area (TPSA) is 89.0 Å². The Bertz CT molecular complexity index is 1290. The van der Waals surface area contributed by atoms with E-state index in [0.717, 1.165) is 0 Å². The van der Waals surface area contributed by atoms with Gasteiger partial charge < -0.3 is 14.6 Å². The number of hydrogen-bond donors (Lipinski definition) is 1. The molecule has 1 fully saturated rings. The molecule has 32 heavy (non-hydrogen) atoms. The third kappa shape index (κ3) is 3.09. The fourth-order valence-electron chi connectivity index (χ4n) is 4.00. The number of rotatable bonds is 3. The van der Waals surface area contributed by atoms with Crippen molar-refractivity contribution in [2.45, 2.75) is 13.0 Å². The van der Waals surface area contributed by atoms with Crippen LogP contribution in [0.5, 0.6) is 11.5 Å². The van der Waals surface area contributed by atoms with Gasteiger partial charge in [0.1, 0.15) is 5.76 Å². The lowest BCUT2D eigenvalue weighted by atomic mass is 9.95. The summed E-state index contributed by atoms with van der Waals surface area (Å²) in [7, 11) is 0. The first kappa shape index (κ1) is 20.1. The molecule has 0 bridgehead atoms. The second-order valence-corrected chi connectivity index (χ2v) is 7.81. The second kappa shape index (κ2) is 7.69. The van der Waals surface area contributed by atoms with Crippen molar-refractivity contribution in [2.75, 3.05) is 11.7 Å². The van der Waals surface area contributed by atoms with Gasteiger partial charge in [-0.3, -0.25) is 19.5 Å². The van der Waals surface area contributed by atoms with Gasteiger partial charge in [-0.05, 0) is 60.5 Å². The van der Waals surface area contributed by atoms with Gasteiger partial charge in [0.05, 0.1) is 11.6 Å². The maximum Gasteiger partial charge on any atom is 0.300 e. The van der Waals surface area contributed by atoms with Crippen LogP contribution in [0.1, 0.15) is 22.7 Å². The van der Waals surface area contributed by atoms with E-state index in [4.69, 9.17) is 21.1 Å². The van der Waals surface area contributed by atoms with Gasteiger partial charge in [-0.15, -0.1) is 0 Å². The highest BCUT2D eigenvalue weighted by atomic mass is 35.5. The maximum atomic E-state index is 13.2. The van der Waals surface area contributed by atoms with Crippen molar-refractivity contribution in [1.29, 1.82) is 0 Å². The van der Waals surface area contributed by atoms with Crippen molar-refractivity contribution in [3.05, 3.63) is 88.2 Å². The number of anilines is 1. The summed E-state index contributed by atoms with van der Waals surface area (Å²) in [4.78, 5) is 31.8. The quantitative estimate of drug-likeness (QED) is 0.363. The number of amides is 1. The first-order valence-corrected chi connectivity index (χ1v) is 10.2. The highest BCUT2D eigenvalue weighted by Gasteiger charge is 2.47. The molecule has 0 saturated carbocycles. The minimum Gasteiger partial charge on any atom is -0.507 e. The zero-order chi connectivity index (χ0) is 22.4. The highest BCUT2D eigenvalue weighted by molar-refractivity contribution is 6.52. The molecular formula is C24H17ClN2O5. The maximum absolute atomic E-state index is 13.2. The third-order valence-electron chi connectivity index (χ3n) is 5.61. The van der Waals surface area contributed by atoms with Gasteiger partial charge in [0.2, 0.25) is 6.79 Å². The summed E-state index contributed by atoms with van der Waals surface area (Å²) in [5.74, 6) is -0.844. The van der Waals surface area contributed by atoms with Crippen molar-refractivity contribution in [3.8, 4) is 11.5 Å². The Morgan fingerprint density at radius 2 is 1.84 bits per heavy atom. The van der Waals surface area contributed by atoms with E-state index in [0.29, 0.717) is 38.9 Å². The number of aliphatic hydroxyl groups is 1. The Morgan fingerprint density at radius 3 is 2.62 bits per heavy atom. The Hall–Kier alpha value is -3.84. The molecule has 1 aromatic heterocycles. The Labute approximate surface area is 188 Å². The molecule has 0 radical (unpaired) electrons. The van der Waals surface area contributed by atoms with E-state index in [2.05, 4.69) is 4.98 Å². The van der Waals surface area contributed by atoms with E-state index in [1.807, 2.05) is 0 Å². The largest absolute Gasteiger partial charge is 0.507 e. The van der Waals surface area contributed by atoms with Gasteiger partial charge >= 0.3 is 0 Å². The number of aliphatic hydroxyl groups excluding tert-OH is 1. The number of hydrogen-bond acceptors (Lipinski definition) is 6. The molecule has 1 N–H and O–H groups in total. The van der Waals surface area contributed by atoms with Crippen LogP contribution in [0.4, 0.5) is 5.69 Å². The molecule has 160 valence electrons. The normalized spacial score (nSPS) is 18.9. The van der Waals surface area contributed by atoms with E-state index < -0.39 is 17.7 Å². The molecule has 3 aromatic rings. The molecular weight excluding hydrogens is 432 g/mol. The number of nitrogens with zero attached hydrogens (tertiary/aromatic N) is 2. The molecule has 0 aliphatic carbocycles. The average Bonchev–Trinajstić information content (AvgIpc) is 3.38. The SMILES string of the molecule is Cc1c(Cl)cccc1N1C(=O)C(=O)/C(=C(\O)c2ccc3c(c2)OCO3)C1c1ccncc1. The van der Waals surface area contributed by atoms with Crippen LogP contribution in [0, 0.1) is 6.92 Å². The molecule has 0 spiro atoms. The first-order valence-electron chi connectivity index (χ1n) is 9.83. The first-order chi connectivity index (χ1) is 15.5. The van der Waals surface area contributed by atoms with Gasteiger partial charge in [0.15, 0.2) is 11.5 Å². The number of benzene rings is 2. The predicted molar refractivity (Wildman–Crippen MR) is 118 cm³/mol. The van der Waals surface area contributed by atoms with Crippen molar-refractivity contribution in [2.24, 2.45) is 0 Å². The van der Waals surface area contributed by atoms with E-state index in [1.165, 1.54) is 4.90 Å². The standard InChI is InChI=1S/C24H17ClN2O5/c1-13-16(25)3-2-4-17(13)27-21(14-7-9-26-10-8-14)20(23(29)24(27)30)22(28)15-5-6-18-19(11-15)32-12-31-18/h2-11,21,28H,12H2,1H3/b22-20-. The molecule has 1 amide bonds. The number of fused-ring (bicyclic) bond motifs is 1. The van der Waals surface area contributed by atoms with Gasteiger partial charge in [-0.1, -0.05) is 17.7 Å². The molecule has 5 rings (SSSR count). The Balaban J connectivity index is 1.73. The monoisotopic (exact) mass is 448 g/mol. The van der Waals surface area contributed by atoms with Crippen LogP contribution in [0.15, 0.2) is 66.5 Å². The van der Waals surface area contributed by atoms with Crippen LogP contribution in [-0.4, -0.2) is 28.6 Å². The van der Waals surface area contributed by atoms with E-state index >= 15 is 0 Å². The molecule has 1 saturated heterocycles. The second-order valence-electron chi connectivity index (χ2n) is 7.40. The molecule has 7 nitrogen and oxygen atoms in total. The summed E-state index contributed by atoms with van der Waals surface area (Å²) < 4.78 is 10.7. The number of carbonyl (C=O) groups excluding carboxylic acids is 2. The summed E-state index contributed by atoms with van der Waals surface area (Å²) in [6.45, 7) is 1.85. The molecule has 2 aliphatic heterocycles. The van der Waals surface area contributed by atoms with Gasteiger partial charge in [-0.25, -0.2) is 0 Å². The van der Waals surface area contributed by atoms with Gasteiger partial charge in [0, 0.05) is 28.7 Å². The molecule has 1 unspecified atom stereocenters. The summed E-state index contributed by atoms with van der Waals surface area (Å²) in [6, 6.07) is 12.5. The molecule has 2 aromatic carbocycles. The van der Waals surface area contributed by atoms with Crippen molar-refractivity contribution < 1.29 is 24.2 Å². The number of pyridine rings is 1.